The van der Waals surface area contributed by atoms with Gasteiger partial charge in [0, 0.05) is 18.7 Å². The van der Waals surface area contributed by atoms with E-state index in [2.05, 4.69) is 17.0 Å². The van der Waals surface area contributed by atoms with Crippen molar-refractivity contribution in [3.05, 3.63) is 28.8 Å². The van der Waals surface area contributed by atoms with Crippen LogP contribution in [0, 0.1) is 5.92 Å². The zero-order valence-electron chi connectivity index (χ0n) is 11.8. The molecule has 0 radical (unpaired) electrons. The molecule has 1 aromatic rings. The summed E-state index contributed by atoms with van der Waals surface area (Å²) >= 11 is 6.35. The Morgan fingerprint density at radius 2 is 2.25 bits per heavy atom. The monoisotopic (exact) mass is 295 g/mol. The Morgan fingerprint density at radius 3 is 2.90 bits per heavy atom. The number of nitrogens with zero attached hydrogens (tertiary/aromatic N) is 2. The van der Waals surface area contributed by atoms with E-state index in [4.69, 9.17) is 22.5 Å². The second kappa shape index (κ2) is 6.84. The van der Waals surface area contributed by atoms with Crippen LogP contribution in [0.3, 0.4) is 0 Å². The first-order chi connectivity index (χ1) is 9.65. The summed E-state index contributed by atoms with van der Waals surface area (Å²) in [6.45, 7) is 4.35. The van der Waals surface area contributed by atoms with Crippen LogP contribution in [0.25, 0.3) is 0 Å². The van der Waals surface area contributed by atoms with Crippen molar-refractivity contribution in [1.29, 1.82) is 0 Å². The fourth-order valence-corrected chi connectivity index (χ4v) is 3.10. The molecule has 1 aliphatic rings. The zero-order valence-corrected chi connectivity index (χ0v) is 12.6. The molecule has 0 amide bonds. The zero-order chi connectivity index (χ0) is 14.5. The fraction of sp³-hybridized carbons (Fsp3) is 0.533. The number of rotatable bonds is 3. The van der Waals surface area contributed by atoms with E-state index < -0.39 is 0 Å². The van der Waals surface area contributed by atoms with E-state index in [1.807, 2.05) is 12.1 Å². The lowest BCUT2D eigenvalue weighted by Crippen LogP contribution is -2.24. The van der Waals surface area contributed by atoms with Crippen LogP contribution in [0.4, 0.5) is 5.69 Å². The summed E-state index contributed by atoms with van der Waals surface area (Å²) < 4.78 is 0. The number of hydrogen-bond donors (Lipinski definition) is 2. The smallest absolute Gasteiger partial charge is 0.170 e. The third kappa shape index (κ3) is 3.37. The molecule has 0 spiro atoms. The molecule has 0 bridgehead atoms. The lowest BCUT2D eigenvalue weighted by Gasteiger charge is -2.24. The van der Waals surface area contributed by atoms with Gasteiger partial charge in [-0.15, -0.1) is 0 Å². The third-order valence-corrected chi connectivity index (χ3v) is 4.42. The predicted octanol–water partition coefficient (Wildman–Crippen LogP) is 3.45. The lowest BCUT2D eigenvalue weighted by molar-refractivity contribution is 0.318. The highest BCUT2D eigenvalue weighted by atomic mass is 35.5. The molecule has 110 valence electrons. The molecule has 0 aromatic heterocycles. The minimum Gasteiger partial charge on any atom is -0.409 e. The molecule has 0 saturated carbocycles. The number of oxime groups is 1. The van der Waals surface area contributed by atoms with Crippen LogP contribution >= 0.6 is 11.6 Å². The largest absolute Gasteiger partial charge is 0.409 e. The quantitative estimate of drug-likeness (QED) is 0.388. The molecular weight excluding hydrogens is 274 g/mol. The maximum absolute atomic E-state index is 8.70. The normalized spacial score (nSPS) is 20.8. The van der Waals surface area contributed by atoms with Crippen LogP contribution in [-0.2, 0) is 0 Å². The van der Waals surface area contributed by atoms with Gasteiger partial charge in [-0.1, -0.05) is 30.1 Å². The van der Waals surface area contributed by atoms with E-state index in [-0.39, 0.29) is 5.84 Å². The van der Waals surface area contributed by atoms with Crippen LogP contribution in [0.2, 0.25) is 5.02 Å². The Labute approximate surface area is 125 Å². The van der Waals surface area contributed by atoms with Gasteiger partial charge in [-0.05, 0) is 43.4 Å². The van der Waals surface area contributed by atoms with Crippen molar-refractivity contribution in [1.82, 2.24) is 0 Å². The standard InChI is InChI=1S/C15H22ClN3O/c1-2-11-4-3-8-19(9-7-11)14-6-5-12(10-13(14)16)15(17)18-20/h5-6,10-11,20H,2-4,7-9H2,1H3,(H2,17,18). The molecule has 1 saturated heterocycles. The topological polar surface area (TPSA) is 61.8 Å². The molecule has 1 atom stereocenters. The van der Waals surface area contributed by atoms with E-state index in [9.17, 15) is 0 Å². The number of halogens is 1. The van der Waals surface area contributed by atoms with E-state index in [1.54, 1.807) is 6.07 Å². The first-order valence-corrected chi connectivity index (χ1v) is 7.56. The van der Waals surface area contributed by atoms with Gasteiger partial charge < -0.3 is 15.8 Å². The number of anilines is 1. The lowest BCUT2D eigenvalue weighted by atomic mass is 9.98. The molecule has 4 nitrogen and oxygen atoms in total. The van der Waals surface area contributed by atoms with Gasteiger partial charge in [-0.25, -0.2) is 0 Å². The molecule has 1 unspecified atom stereocenters. The Kier molecular flexibility index (Phi) is 5.12. The van der Waals surface area contributed by atoms with E-state index in [0.717, 1.165) is 24.7 Å². The summed E-state index contributed by atoms with van der Waals surface area (Å²) in [5.41, 5.74) is 7.26. The predicted molar refractivity (Wildman–Crippen MR) is 83.8 cm³/mol. The molecule has 3 N–H and O–H groups in total. The van der Waals surface area contributed by atoms with E-state index >= 15 is 0 Å². The molecular formula is C15H22ClN3O. The van der Waals surface area contributed by atoms with Gasteiger partial charge in [0.05, 0.1) is 10.7 Å². The Bertz CT molecular complexity index is 490. The SMILES string of the molecule is CCC1CCCN(c2ccc(C(N)=NO)cc2Cl)CC1. The average molecular weight is 296 g/mol. The van der Waals surface area contributed by atoms with Crippen molar-refractivity contribution in [2.24, 2.45) is 16.8 Å². The van der Waals surface area contributed by atoms with Crippen molar-refractivity contribution in [3.8, 4) is 0 Å². The van der Waals surface area contributed by atoms with Crippen molar-refractivity contribution < 1.29 is 5.21 Å². The molecule has 1 fully saturated rings. The number of amidine groups is 1. The van der Waals surface area contributed by atoms with Gasteiger partial charge in [-0.2, -0.15) is 0 Å². The van der Waals surface area contributed by atoms with Crippen LogP contribution < -0.4 is 10.6 Å². The van der Waals surface area contributed by atoms with Gasteiger partial charge in [0.15, 0.2) is 5.84 Å². The number of nitrogens with two attached hydrogens (primary N) is 1. The molecule has 1 aromatic carbocycles. The summed E-state index contributed by atoms with van der Waals surface area (Å²) in [5, 5.41) is 12.4. The molecule has 1 heterocycles. The third-order valence-electron chi connectivity index (χ3n) is 4.12. The van der Waals surface area contributed by atoms with Crippen molar-refractivity contribution in [3.63, 3.8) is 0 Å². The highest BCUT2D eigenvalue weighted by Gasteiger charge is 2.18. The maximum atomic E-state index is 8.70. The van der Waals surface area contributed by atoms with E-state index in [1.165, 1.54) is 25.7 Å². The Hall–Kier alpha value is -1.42. The van der Waals surface area contributed by atoms with Crippen LogP contribution in [0.15, 0.2) is 23.4 Å². The van der Waals surface area contributed by atoms with Gasteiger partial charge in [0.2, 0.25) is 0 Å². The summed E-state index contributed by atoms with van der Waals surface area (Å²) in [6, 6.07) is 5.56. The van der Waals surface area contributed by atoms with Gasteiger partial charge in [0.1, 0.15) is 0 Å². The van der Waals surface area contributed by atoms with Crippen molar-refractivity contribution >= 4 is 23.1 Å². The van der Waals surface area contributed by atoms with Crippen molar-refractivity contribution in [2.45, 2.75) is 32.6 Å². The van der Waals surface area contributed by atoms with Crippen LogP contribution in [0.1, 0.15) is 38.2 Å². The molecule has 0 aliphatic carbocycles. The van der Waals surface area contributed by atoms with Gasteiger partial charge in [-0.3, -0.25) is 0 Å². The molecule has 5 heteroatoms. The first kappa shape index (κ1) is 15.0. The molecule has 1 aliphatic heterocycles. The summed E-state index contributed by atoms with van der Waals surface area (Å²) in [4.78, 5) is 2.34. The van der Waals surface area contributed by atoms with Gasteiger partial charge in [0.25, 0.3) is 0 Å². The van der Waals surface area contributed by atoms with Crippen LogP contribution in [-0.4, -0.2) is 24.1 Å². The number of benzene rings is 1. The highest BCUT2D eigenvalue weighted by molar-refractivity contribution is 6.33. The minimum atomic E-state index is 0.0837. The molecule has 2 rings (SSSR count). The Balaban J connectivity index is 2.16. The summed E-state index contributed by atoms with van der Waals surface area (Å²) in [6.07, 6.45) is 4.97. The number of hydrogen-bond acceptors (Lipinski definition) is 3. The van der Waals surface area contributed by atoms with Crippen LogP contribution in [0.5, 0.6) is 0 Å². The minimum absolute atomic E-state index is 0.0837. The average Bonchev–Trinajstić information content (AvgIpc) is 2.71. The fourth-order valence-electron chi connectivity index (χ4n) is 2.79. The second-order valence-corrected chi connectivity index (χ2v) is 5.75. The second-order valence-electron chi connectivity index (χ2n) is 5.34. The summed E-state index contributed by atoms with van der Waals surface area (Å²) in [7, 11) is 0. The van der Waals surface area contributed by atoms with Gasteiger partial charge >= 0.3 is 0 Å². The first-order valence-electron chi connectivity index (χ1n) is 7.18. The summed E-state index contributed by atoms with van der Waals surface area (Å²) in [5.74, 6) is 0.913. The Morgan fingerprint density at radius 1 is 1.45 bits per heavy atom. The highest BCUT2D eigenvalue weighted by Crippen LogP contribution is 2.30. The molecule has 20 heavy (non-hydrogen) atoms. The van der Waals surface area contributed by atoms with Crippen molar-refractivity contribution in [2.75, 3.05) is 18.0 Å². The van der Waals surface area contributed by atoms with E-state index in [0.29, 0.717) is 10.6 Å². The maximum Gasteiger partial charge on any atom is 0.170 e.